The van der Waals surface area contributed by atoms with Crippen molar-refractivity contribution in [3.8, 4) is 22.3 Å². The molecule has 0 radical (unpaired) electrons. The minimum Gasteiger partial charge on any atom is -0.456 e. The van der Waals surface area contributed by atoms with Gasteiger partial charge in [0, 0.05) is 22.0 Å². The molecule has 0 aliphatic heterocycles. The number of nitrogens with one attached hydrogen (secondary N) is 1. The van der Waals surface area contributed by atoms with E-state index in [2.05, 4.69) is 104 Å². The average Bonchev–Trinajstić information content (AvgIpc) is 3.54. The Kier molecular flexibility index (Phi) is 9.08. The Morgan fingerprint density at radius 2 is 1.14 bits per heavy atom. The molecule has 0 fully saturated rings. The molecule has 4 nitrogen and oxygen atoms in total. The first-order chi connectivity index (χ1) is 24.5. The fourth-order valence-corrected chi connectivity index (χ4v) is 6.39. The lowest BCUT2D eigenvalue weighted by atomic mass is 9.92. The Labute approximate surface area is 291 Å². The van der Waals surface area contributed by atoms with Crippen molar-refractivity contribution in [2.45, 2.75) is 6.92 Å². The van der Waals surface area contributed by atoms with E-state index in [-0.39, 0.29) is 5.84 Å². The summed E-state index contributed by atoms with van der Waals surface area (Å²) in [4.78, 5) is 0. The molecule has 5 N–H and O–H groups in total. The molecular formula is C46H37N3O. The molecule has 242 valence electrons. The van der Waals surface area contributed by atoms with Crippen LogP contribution in [-0.2, 0) is 0 Å². The van der Waals surface area contributed by atoms with Gasteiger partial charge in [-0.25, -0.2) is 0 Å². The van der Waals surface area contributed by atoms with Gasteiger partial charge in [0.05, 0.1) is 0 Å². The Bertz CT molecular complexity index is 2590. The number of fused-ring (bicyclic) bond motifs is 6. The second-order valence-corrected chi connectivity index (χ2v) is 12.2. The number of hydrogen-bond donors (Lipinski definition) is 3. The SMILES string of the molecule is Cc1ccccc1.N=C(N)c1ccccc1.Nc1cccc(-c2cccc3oc4ccc(-c5cc6ccccc6c6ccccc56)cc4c23)c1. The highest BCUT2D eigenvalue weighted by molar-refractivity contribution is 6.16. The van der Waals surface area contributed by atoms with Crippen LogP contribution in [-0.4, -0.2) is 5.84 Å². The minimum absolute atomic E-state index is 0.121. The van der Waals surface area contributed by atoms with Gasteiger partial charge in [-0.2, -0.15) is 0 Å². The zero-order valence-corrected chi connectivity index (χ0v) is 27.8. The van der Waals surface area contributed by atoms with Crippen molar-refractivity contribution < 1.29 is 4.42 Å². The van der Waals surface area contributed by atoms with Crippen molar-refractivity contribution in [3.63, 3.8) is 0 Å². The zero-order chi connectivity index (χ0) is 34.5. The Morgan fingerprint density at radius 1 is 0.500 bits per heavy atom. The van der Waals surface area contributed by atoms with Gasteiger partial charge in [0.2, 0.25) is 0 Å². The molecular weight excluding hydrogens is 611 g/mol. The van der Waals surface area contributed by atoms with Gasteiger partial charge in [0.15, 0.2) is 0 Å². The topological polar surface area (TPSA) is 89.0 Å². The van der Waals surface area contributed by atoms with E-state index >= 15 is 0 Å². The summed E-state index contributed by atoms with van der Waals surface area (Å²) < 4.78 is 6.26. The van der Waals surface area contributed by atoms with Gasteiger partial charge >= 0.3 is 0 Å². The Balaban J connectivity index is 0.000000202. The van der Waals surface area contributed by atoms with E-state index in [1.54, 1.807) is 0 Å². The second-order valence-electron chi connectivity index (χ2n) is 12.2. The van der Waals surface area contributed by atoms with E-state index in [0.717, 1.165) is 44.3 Å². The highest BCUT2D eigenvalue weighted by Gasteiger charge is 2.15. The minimum atomic E-state index is 0.121. The third kappa shape index (κ3) is 6.69. The molecule has 0 saturated carbocycles. The zero-order valence-electron chi connectivity index (χ0n) is 27.8. The summed E-state index contributed by atoms with van der Waals surface area (Å²) >= 11 is 0. The molecule has 0 amide bonds. The number of anilines is 1. The first kappa shape index (κ1) is 31.9. The van der Waals surface area contributed by atoms with E-state index in [9.17, 15) is 0 Å². The van der Waals surface area contributed by atoms with Gasteiger partial charge in [-0.15, -0.1) is 0 Å². The fraction of sp³-hybridized carbons (Fsp3) is 0.0217. The standard InChI is InChI=1S/C32H21NO.C7H8N2.C7H8/c33-23-9-5-8-20(17-23)25-13-6-14-31-32(25)29-19-22(15-16-30(29)34-31)28-18-21-7-1-2-10-24(21)26-11-3-4-12-27(26)28;8-7(9)6-4-2-1-3-5-6;1-7-5-3-2-4-6-7/h1-19H,33H2;1-5H,(H3,8,9);2-6H,1H3. The van der Waals surface area contributed by atoms with Crippen molar-refractivity contribution in [1.29, 1.82) is 5.41 Å². The predicted octanol–water partition coefficient (Wildman–Crippen LogP) is 11.8. The van der Waals surface area contributed by atoms with Crippen LogP contribution in [0.5, 0.6) is 0 Å². The molecule has 1 heterocycles. The number of benzene rings is 8. The Morgan fingerprint density at radius 3 is 1.82 bits per heavy atom. The maximum Gasteiger partial charge on any atom is 0.136 e. The number of aryl methyl sites for hydroxylation is 1. The summed E-state index contributed by atoms with van der Waals surface area (Å²) in [6.07, 6.45) is 0. The van der Waals surface area contributed by atoms with E-state index in [4.69, 9.17) is 21.3 Å². The van der Waals surface area contributed by atoms with Crippen LogP contribution < -0.4 is 11.5 Å². The summed E-state index contributed by atoms with van der Waals surface area (Å²) in [5.74, 6) is 0.121. The largest absolute Gasteiger partial charge is 0.456 e. The van der Waals surface area contributed by atoms with Crippen LogP contribution in [0.4, 0.5) is 5.69 Å². The van der Waals surface area contributed by atoms with Crippen LogP contribution in [0.3, 0.4) is 0 Å². The molecule has 0 saturated heterocycles. The number of rotatable bonds is 3. The maximum atomic E-state index is 7.01. The van der Waals surface area contributed by atoms with Crippen LogP contribution >= 0.6 is 0 Å². The summed E-state index contributed by atoms with van der Waals surface area (Å²) in [7, 11) is 0. The summed E-state index contributed by atoms with van der Waals surface area (Å²) in [6, 6.07) is 59.8. The van der Waals surface area contributed by atoms with Gasteiger partial charge in [0.25, 0.3) is 0 Å². The monoisotopic (exact) mass is 647 g/mol. The molecule has 0 unspecified atom stereocenters. The lowest BCUT2D eigenvalue weighted by Crippen LogP contribution is -2.10. The van der Waals surface area contributed by atoms with Gasteiger partial charge in [-0.1, -0.05) is 145 Å². The van der Waals surface area contributed by atoms with Crippen molar-refractivity contribution in [3.05, 3.63) is 187 Å². The quantitative estimate of drug-likeness (QED) is 0.0771. The molecule has 50 heavy (non-hydrogen) atoms. The molecule has 0 atom stereocenters. The van der Waals surface area contributed by atoms with Crippen LogP contribution in [0.2, 0.25) is 0 Å². The third-order valence-electron chi connectivity index (χ3n) is 8.80. The number of amidine groups is 1. The highest BCUT2D eigenvalue weighted by Crippen LogP contribution is 2.41. The predicted molar refractivity (Wildman–Crippen MR) is 213 cm³/mol. The summed E-state index contributed by atoms with van der Waals surface area (Å²) in [5.41, 5.74) is 20.6. The summed E-state index contributed by atoms with van der Waals surface area (Å²) in [5, 5.41) is 14.3. The van der Waals surface area contributed by atoms with Crippen molar-refractivity contribution in [1.82, 2.24) is 0 Å². The van der Waals surface area contributed by atoms with Gasteiger partial charge in [-0.3, -0.25) is 5.41 Å². The van der Waals surface area contributed by atoms with Gasteiger partial charge in [-0.05, 0) is 87.1 Å². The van der Waals surface area contributed by atoms with Crippen LogP contribution in [0.15, 0.2) is 180 Å². The van der Waals surface area contributed by atoms with Crippen LogP contribution in [0, 0.1) is 12.3 Å². The molecule has 8 aromatic carbocycles. The Hall–Kier alpha value is -6.65. The molecule has 0 spiro atoms. The second kappa shape index (κ2) is 14.2. The first-order valence-corrected chi connectivity index (χ1v) is 16.6. The van der Waals surface area contributed by atoms with Crippen molar-refractivity contribution >= 4 is 55.0 Å². The lowest BCUT2D eigenvalue weighted by Gasteiger charge is -2.11. The van der Waals surface area contributed by atoms with E-state index < -0.39 is 0 Å². The highest BCUT2D eigenvalue weighted by atomic mass is 16.3. The lowest BCUT2D eigenvalue weighted by molar-refractivity contribution is 0.669. The van der Waals surface area contributed by atoms with Crippen LogP contribution in [0.1, 0.15) is 11.1 Å². The average molecular weight is 648 g/mol. The van der Waals surface area contributed by atoms with Crippen molar-refractivity contribution in [2.24, 2.45) is 5.73 Å². The molecule has 0 bridgehead atoms. The smallest absolute Gasteiger partial charge is 0.136 e. The van der Waals surface area contributed by atoms with Crippen LogP contribution in [0.25, 0.3) is 65.7 Å². The van der Waals surface area contributed by atoms with Gasteiger partial charge in [0.1, 0.15) is 17.0 Å². The van der Waals surface area contributed by atoms with Gasteiger partial charge < -0.3 is 15.9 Å². The summed E-state index contributed by atoms with van der Waals surface area (Å²) in [6.45, 7) is 2.08. The first-order valence-electron chi connectivity index (χ1n) is 16.6. The molecule has 4 heteroatoms. The fourth-order valence-electron chi connectivity index (χ4n) is 6.39. The van der Waals surface area contributed by atoms with E-state index in [0.29, 0.717) is 0 Å². The molecule has 9 rings (SSSR count). The number of nitrogens with two attached hydrogens (primary N) is 2. The normalized spacial score (nSPS) is 10.7. The molecule has 0 aliphatic carbocycles. The molecule has 9 aromatic rings. The number of furan rings is 1. The number of nitrogen functional groups attached to an aromatic ring is 2. The molecule has 0 aliphatic rings. The third-order valence-corrected chi connectivity index (χ3v) is 8.80. The van der Waals surface area contributed by atoms with E-state index in [1.165, 1.54) is 38.2 Å². The van der Waals surface area contributed by atoms with Crippen molar-refractivity contribution in [2.75, 3.05) is 5.73 Å². The number of hydrogen-bond acceptors (Lipinski definition) is 3. The molecule has 1 aromatic heterocycles. The maximum absolute atomic E-state index is 7.01. The van der Waals surface area contributed by atoms with E-state index in [1.807, 2.05) is 78.9 Å².